The molecule has 1 fully saturated rings. The van der Waals surface area contributed by atoms with Gasteiger partial charge in [0.2, 0.25) is 0 Å². The summed E-state index contributed by atoms with van der Waals surface area (Å²) in [5.74, 6) is -1.27. The predicted molar refractivity (Wildman–Crippen MR) is 79.8 cm³/mol. The second-order valence-corrected chi connectivity index (χ2v) is 5.69. The minimum Gasteiger partial charge on any atom is -0.495 e. The third-order valence-corrected chi connectivity index (χ3v) is 4.15. The Labute approximate surface area is 132 Å². The number of amides is 1. The number of hydrogen-bond acceptors (Lipinski definition) is 3. The zero-order valence-electron chi connectivity index (χ0n) is 12.8. The number of carbonyl (C=O) groups is 1. The van der Waals surface area contributed by atoms with E-state index in [4.69, 9.17) is 10.5 Å². The van der Waals surface area contributed by atoms with Crippen molar-refractivity contribution in [1.82, 2.24) is 4.98 Å². The molecule has 0 radical (unpaired) electrons. The van der Waals surface area contributed by atoms with Gasteiger partial charge in [-0.05, 0) is 37.7 Å². The standard InChI is InChI=1S/C16H19F3N2O2/c1-23-14-9-21-13(15(20)22)8-11(14)5-2-10-3-6-12(7-4-10)16(17,18)19/h2,5,8-10,12H,3-4,6-7H2,1H3,(H2,20,22)/b5-2+/t10-,12-. The Kier molecular flexibility index (Phi) is 5.28. The van der Waals surface area contributed by atoms with Gasteiger partial charge < -0.3 is 10.5 Å². The van der Waals surface area contributed by atoms with Crippen LogP contribution in [-0.4, -0.2) is 24.2 Å². The van der Waals surface area contributed by atoms with E-state index in [1.54, 1.807) is 6.08 Å². The quantitative estimate of drug-likeness (QED) is 0.919. The molecule has 4 nitrogen and oxygen atoms in total. The molecule has 1 aromatic heterocycles. The highest BCUT2D eigenvalue weighted by Gasteiger charge is 2.40. The van der Waals surface area contributed by atoms with Crippen LogP contribution in [0.4, 0.5) is 13.2 Å². The van der Waals surface area contributed by atoms with Crippen LogP contribution >= 0.6 is 0 Å². The molecule has 0 aliphatic heterocycles. The number of carbonyl (C=O) groups excluding carboxylic acids is 1. The zero-order valence-corrected chi connectivity index (χ0v) is 12.8. The van der Waals surface area contributed by atoms with Gasteiger partial charge in [0.05, 0.1) is 19.2 Å². The molecule has 23 heavy (non-hydrogen) atoms. The van der Waals surface area contributed by atoms with Crippen molar-refractivity contribution < 1.29 is 22.7 Å². The number of ether oxygens (including phenoxy) is 1. The lowest BCUT2D eigenvalue weighted by Gasteiger charge is -2.28. The number of halogens is 3. The summed E-state index contributed by atoms with van der Waals surface area (Å²) >= 11 is 0. The maximum absolute atomic E-state index is 12.7. The highest BCUT2D eigenvalue weighted by Crippen LogP contribution is 2.40. The Bertz CT molecular complexity index is 591. The van der Waals surface area contributed by atoms with E-state index in [0.717, 1.165) is 0 Å². The molecule has 1 aromatic rings. The number of primary amides is 1. The summed E-state index contributed by atoms with van der Waals surface area (Å²) in [4.78, 5) is 15.1. The summed E-state index contributed by atoms with van der Waals surface area (Å²) in [7, 11) is 1.48. The van der Waals surface area contributed by atoms with Crippen LogP contribution in [-0.2, 0) is 0 Å². The van der Waals surface area contributed by atoms with Crippen molar-refractivity contribution in [2.24, 2.45) is 17.6 Å². The van der Waals surface area contributed by atoms with E-state index < -0.39 is 18.0 Å². The van der Waals surface area contributed by atoms with Crippen LogP contribution in [0, 0.1) is 11.8 Å². The van der Waals surface area contributed by atoms with Crippen LogP contribution in [0.15, 0.2) is 18.3 Å². The molecule has 7 heteroatoms. The second-order valence-electron chi connectivity index (χ2n) is 5.69. The third kappa shape index (κ3) is 4.46. The van der Waals surface area contributed by atoms with Gasteiger partial charge in [0.15, 0.2) is 0 Å². The van der Waals surface area contributed by atoms with E-state index in [-0.39, 0.29) is 24.5 Å². The zero-order chi connectivity index (χ0) is 17.0. The topological polar surface area (TPSA) is 65.2 Å². The van der Waals surface area contributed by atoms with Gasteiger partial charge in [0.1, 0.15) is 11.4 Å². The molecular formula is C16H19F3N2O2. The summed E-state index contributed by atoms with van der Waals surface area (Å²) in [6.45, 7) is 0. The first-order valence-electron chi connectivity index (χ1n) is 7.40. The SMILES string of the molecule is COc1cnc(C(N)=O)cc1/C=C/[C@H]1CC[C@H](C(F)(F)F)CC1. The first kappa shape index (κ1) is 17.3. The summed E-state index contributed by atoms with van der Waals surface area (Å²) in [5.41, 5.74) is 5.95. The fourth-order valence-electron chi connectivity index (χ4n) is 2.77. The first-order chi connectivity index (χ1) is 10.8. The lowest BCUT2D eigenvalue weighted by molar-refractivity contribution is -0.183. The number of alkyl halides is 3. The molecular weight excluding hydrogens is 309 g/mol. The van der Waals surface area contributed by atoms with Gasteiger partial charge in [-0.2, -0.15) is 13.2 Å². The van der Waals surface area contributed by atoms with Crippen molar-refractivity contribution in [3.63, 3.8) is 0 Å². The molecule has 2 rings (SSSR count). The number of nitrogens with zero attached hydrogens (tertiary/aromatic N) is 1. The van der Waals surface area contributed by atoms with Crippen molar-refractivity contribution in [2.75, 3.05) is 7.11 Å². The van der Waals surface area contributed by atoms with Gasteiger partial charge in [0.25, 0.3) is 5.91 Å². The summed E-state index contributed by atoms with van der Waals surface area (Å²) in [6.07, 6.45) is 2.23. The normalized spacial score (nSPS) is 22.3. The van der Waals surface area contributed by atoms with Crippen LogP contribution in [0.5, 0.6) is 5.75 Å². The van der Waals surface area contributed by atoms with Crippen LogP contribution in [0.1, 0.15) is 41.7 Å². The number of methoxy groups -OCH3 is 1. The molecule has 0 atom stereocenters. The van der Waals surface area contributed by atoms with E-state index in [1.807, 2.05) is 6.08 Å². The Balaban J connectivity index is 2.06. The predicted octanol–water partition coefficient (Wildman–Crippen LogP) is 3.57. The number of aromatic nitrogens is 1. The number of pyridine rings is 1. The molecule has 0 unspecified atom stereocenters. The van der Waals surface area contributed by atoms with Crippen LogP contribution in [0.2, 0.25) is 0 Å². The first-order valence-corrected chi connectivity index (χ1v) is 7.40. The van der Waals surface area contributed by atoms with E-state index in [2.05, 4.69) is 4.98 Å². The Morgan fingerprint density at radius 2 is 2.00 bits per heavy atom. The number of rotatable bonds is 4. The maximum atomic E-state index is 12.7. The molecule has 0 aromatic carbocycles. The smallest absolute Gasteiger partial charge is 0.391 e. The summed E-state index contributed by atoms with van der Waals surface area (Å²) in [6, 6.07) is 1.51. The van der Waals surface area contributed by atoms with E-state index in [1.165, 1.54) is 19.4 Å². The molecule has 2 N–H and O–H groups in total. The van der Waals surface area contributed by atoms with Crippen molar-refractivity contribution in [1.29, 1.82) is 0 Å². The van der Waals surface area contributed by atoms with Crippen molar-refractivity contribution >= 4 is 12.0 Å². The molecule has 1 heterocycles. The molecule has 1 saturated carbocycles. The second kappa shape index (κ2) is 7.02. The largest absolute Gasteiger partial charge is 0.495 e. The van der Waals surface area contributed by atoms with Gasteiger partial charge in [-0.1, -0.05) is 12.2 Å². The van der Waals surface area contributed by atoms with Gasteiger partial charge in [-0.3, -0.25) is 4.79 Å². The number of allylic oxidation sites excluding steroid dienone is 1. The average Bonchev–Trinajstić information content (AvgIpc) is 2.52. The third-order valence-electron chi connectivity index (χ3n) is 4.15. The average molecular weight is 328 g/mol. The molecule has 126 valence electrons. The highest BCUT2D eigenvalue weighted by molar-refractivity contribution is 5.91. The summed E-state index contributed by atoms with van der Waals surface area (Å²) < 4.78 is 43.1. The maximum Gasteiger partial charge on any atom is 0.391 e. The number of hydrogen-bond donors (Lipinski definition) is 1. The van der Waals surface area contributed by atoms with Crippen molar-refractivity contribution in [3.05, 3.63) is 29.6 Å². The lowest BCUT2D eigenvalue weighted by atomic mass is 9.81. The Morgan fingerprint density at radius 1 is 1.35 bits per heavy atom. The molecule has 1 aliphatic carbocycles. The highest BCUT2D eigenvalue weighted by atomic mass is 19.4. The van der Waals surface area contributed by atoms with Crippen LogP contribution in [0.3, 0.4) is 0 Å². The Morgan fingerprint density at radius 3 is 2.52 bits per heavy atom. The minimum absolute atomic E-state index is 0.0866. The van der Waals surface area contributed by atoms with Crippen LogP contribution in [0.25, 0.3) is 6.08 Å². The van der Waals surface area contributed by atoms with Crippen LogP contribution < -0.4 is 10.5 Å². The number of nitrogens with two attached hydrogens (primary N) is 1. The molecule has 0 spiro atoms. The van der Waals surface area contributed by atoms with Gasteiger partial charge in [-0.25, -0.2) is 4.98 Å². The Hall–Kier alpha value is -2.05. The van der Waals surface area contributed by atoms with E-state index >= 15 is 0 Å². The molecule has 0 bridgehead atoms. The molecule has 1 aliphatic rings. The lowest BCUT2D eigenvalue weighted by Crippen LogP contribution is -2.27. The van der Waals surface area contributed by atoms with Gasteiger partial charge in [-0.15, -0.1) is 0 Å². The van der Waals surface area contributed by atoms with Crippen molar-refractivity contribution in [3.8, 4) is 5.75 Å². The summed E-state index contributed by atoms with van der Waals surface area (Å²) in [5, 5.41) is 0. The minimum atomic E-state index is -4.10. The fraction of sp³-hybridized carbons (Fsp3) is 0.500. The fourth-order valence-corrected chi connectivity index (χ4v) is 2.77. The van der Waals surface area contributed by atoms with E-state index in [9.17, 15) is 18.0 Å². The molecule has 0 saturated heterocycles. The van der Waals surface area contributed by atoms with Crippen molar-refractivity contribution in [2.45, 2.75) is 31.9 Å². The van der Waals surface area contributed by atoms with Gasteiger partial charge >= 0.3 is 6.18 Å². The van der Waals surface area contributed by atoms with Gasteiger partial charge in [0, 0.05) is 5.56 Å². The monoisotopic (exact) mass is 328 g/mol. The van der Waals surface area contributed by atoms with E-state index in [0.29, 0.717) is 24.2 Å². The molecule has 1 amide bonds.